The summed E-state index contributed by atoms with van der Waals surface area (Å²) >= 11 is 0. The van der Waals surface area contributed by atoms with E-state index in [0.717, 1.165) is 5.56 Å². The van der Waals surface area contributed by atoms with Gasteiger partial charge in [0, 0.05) is 25.3 Å². The number of nitrogens with one attached hydrogen (secondary N) is 1. The fourth-order valence-electron chi connectivity index (χ4n) is 1.90. The number of carbonyl (C=O) groups excluding carboxylic acids is 1. The van der Waals surface area contributed by atoms with Gasteiger partial charge in [-0.15, -0.1) is 0 Å². The quantitative estimate of drug-likeness (QED) is 0.908. The Balaban J connectivity index is 1.96. The summed E-state index contributed by atoms with van der Waals surface area (Å²) in [4.78, 5) is 13.6. The fourth-order valence-corrected chi connectivity index (χ4v) is 1.90. The Bertz CT molecular complexity index is 621. The smallest absolute Gasteiger partial charge is 0.387 e. The van der Waals surface area contributed by atoms with Gasteiger partial charge in [-0.2, -0.15) is 8.78 Å². The third kappa shape index (κ3) is 4.73. The van der Waals surface area contributed by atoms with E-state index < -0.39 is 6.61 Å². The molecule has 0 spiro atoms. The van der Waals surface area contributed by atoms with Gasteiger partial charge in [0.25, 0.3) is 0 Å². The van der Waals surface area contributed by atoms with Gasteiger partial charge < -0.3 is 15.0 Å². The second-order valence-corrected chi connectivity index (χ2v) is 4.68. The van der Waals surface area contributed by atoms with Crippen molar-refractivity contribution < 1.29 is 18.3 Å². The number of ether oxygens (including phenoxy) is 1. The zero-order valence-electron chi connectivity index (χ0n) is 12.0. The Morgan fingerprint density at radius 3 is 2.59 bits per heavy atom. The van der Waals surface area contributed by atoms with E-state index in [0.29, 0.717) is 12.2 Å². The molecule has 0 aromatic heterocycles. The van der Waals surface area contributed by atoms with E-state index >= 15 is 0 Å². The summed E-state index contributed by atoms with van der Waals surface area (Å²) in [6, 6.07) is 15.1. The molecule has 6 heteroatoms. The van der Waals surface area contributed by atoms with Crippen LogP contribution in [0.4, 0.5) is 19.3 Å². The fraction of sp³-hybridized carbons (Fsp3) is 0.188. The van der Waals surface area contributed by atoms with Crippen LogP contribution in [0.2, 0.25) is 0 Å². The van der Waals surface area contributed by atoms with E-state index in [9.17, 15) is 13.6 Å². The first-order valence-corrected chi connectivity index (χ1v) is 6.65. The predicted molar refractivity (Wildman–Crippen MR) is 80.0 cm³/mol. The highest BCUT2D eigenvalue weighted by Gasteiger charge is 2.10. The zero-order chi connectivity index (χ0) is 15.9. The lowest BCUT2D eigenvalue weighted by Gasteiger charge is -2.18. The van der Waals surface area contributed by atoms with E-state index in [1.165, 1.54) is 23.1 Å². The van der Waals surface area contributed by atoms with Crippen molar-refractivity contribution in [1.82, 2.24) is 4.90 Å². The van der Waals surface area contributed by atoms with E-state index in [1.807, 2.05) is 30.3 Å². The van der Waals surface area contributed by atoms with Crippen molar-refractivity contribution in [2.75, 3.05) is 12.4 Å². The number of anilines is 1. The second-order valence-electron chi connectivity index (χ2n) is 4.68. The van der Waals surface area contributed by atoms with Gasteiger partial charge in [-0.3, -0.25) is 0 Å². The summed E-state index contributed by atoms with van der Waals surface area (Å²) in [6.07, 6.45) is 0. The molecule has 2 aromatic rings. The lowest BCUT2D eigenvalue weighted by molar-refractivity contribution is -0.0497. The first kappa shape index (κ1) is 15.8. The Morgan fingerprint density at radius 2 is 1.91 bits per heavy atom. The molecular formula is C16H16F2N2O2. The van der Waals surface area contributed by atoms with Crippen LogP contribution in [0.3, 0.4) is 0 Å². The molecule has 2 amide bonds. The minimum absolute atomic E-state index is 0.00138. The number of halogens is 2. The largest absolute Gasteiger partial charge is 0.435 e. The van der Waals surface area contributed by atoms with Crippen LogP contribution >= 0.6 is 0 Å². The maximum atomic E-state index is 12.2. The summed E-state index contributed by atoms with van der Waals surface area (Å²) in [5.74, 6) is -0.00138. The summed E-state index contributed by atoms with van der Waals surface area (Å²) in [5, 5.41) is 2.64. The zero-order valence-corrected chi connectivity index (χ0v) is 12.0. The summed E-state index contributed by atoms with van der Waals surface area (Å²) in [6.45, 7) is -2.45. The maximum absolute atomic E-state index is 12.2. The van der Waals surface area contributed by atoms with Crippen LogP contribution in [-0.4, -0.2) is 24.6 Å². The molecule has 0 saturated carbocycles. The molecule has 0 aliphatic carbocycles. The number of carbonyl (C=O) groups is 1. The summed E-state index contributed by atoms with van der Waals surface area (Å²) < 4.78 is 28.6. The SMILES string of the molecule is CN(Cc1ccccc1)C(=O)Nc1cccc(OC(F)F)c1. The average molecular weight is 306 g/mol. The maximum Gasteiger partial charge on any atom is 0.387 e. The van der Waals surface area contributed by atoms with Gasteiger partial charge >= 0.3 is 12.6 Å². The van der Waals surface area contributed by atoms with Gasteiger partial charge in [-0.25, -0.2) is 4.79 Å². The Morgan fingerprint density at radius 1 is 1.18 bits per heavy atom. The highest BCUT2D eigenvalue weighted by Crippen LogP contribution is 2.19. The van der Waals surface area contributed by atoms with E-state index in [-0.39, 0.29) is 11.8 Å². The third-order valence-electron chi connectivity index (χ3n) is 2.92. The minimum Gasteiger partial charge on any atom is -0.435 e. The van der Waals surface area contributed by atoms with Crippen LogP contribution in [0.15, 0.2) is 54.6 Å². The summed E-state index contributed by atoms with van der Waals surface area (Å²) in [5.41, 5.74) is 1.39. The molecule has 0 radical (unpaired) electrons. The molecule has 0 atom stereocenters. The van der Waals surface area contributed by atoms with Gasteiger partial charge in [0.15, 0.2) is 0 Å². The number of hydrogen-bond donors (Lipinski definition) is 1. The van der Waals surface area contributed by atoms with Crippen molar-refractivity contribution in [2.45, 2.75) is 13.2 Å². The predicted octanol–water partition coefficient (Wildman–Crippen LogP) is 3.95. The molecule has 1 N–H and O–H groups in total. The van der Waals surface area contributed by atoms with Crippen molar-refractivity contribution in [3.63, 3.8) is 0 Å². The number of nitrogens with zero attached hydrogens (tertiary/aromatic N) is 1. The molecule has 0 heterocycles. The number of benzene rings is 2. The molecule has 2 aromatic carbocycles. The molecule has 0 saturated heterocycles. The monoisotopic (exact) mass is 306 g/mol. The first-order chi connectivity index (χ1) is 10.5. The molecule has 22 heavy (non-hydrogen) atoms. The van der Waals surface area contributed by atoms with Gasteiger partial charge in [0.1, 0.15) is 5.75 Å². The van der Waals surface area contributed by atoms with Gasteiger partial charge in [0.2, 0.25) is 0 Å². The normalized spacial score (nSPS) is 10.4. The van der Waals surface area contributed by atoms with Crippen molar-refractivity contribution in [1.29, 1.82) is 0 Å². The molecule has 0 bridgehead atoms. The van der Waals surface area contributed by atoms with Gasteiger partial charge in [-0.1, -0.05) is 36.4 Å². The molecular weight excluding hydrogens is 290 g/mol. The second kappa shape index (κ2) is 7.40. The van der Waals surface area contributed by atoms with Crippen LogP contribution in [0.1, 0.15) is 5.56 Å². The standard InChI is InChI=1S/C16H16F2N2O2/c1-20(11-12-6-3-2-4-7-12)16(21)19-13-8-5-9-14(10-13)22-15(17)18/h2-10,15H,11H2,1H3,(H,19,21). The molecule has 0 unspecified atom stereocenters. The lowest BCUT2D eigenvalue weighted by atomic mass is 10.2. The van der Waals surface area contributed by atoms with E-state index in [4.69, 9.17) is 0 Å². The van der Waals surface area contributed by atoms with Gasteiger partial charge in [0.05, 0.1) is 0 Å². The number of alkyl halides is 2. The lowest BCUT2D eigenvalue weighted by Crippen LogP contribution is -2.30. The minimum atomic E-state index is -2.90. The van der Waals surface area contributed by atoms with Crippen LogP contribution in [-0.2, 0) is 6.54 Å². The molecule has 0 aliphatic heterocycles. The number of amides is 2. The van der Waals surface area contributed by atoms with Crippen molar-refractivity contribution >= 4 is 11.7 Å². The molecule has 116 valence electrons. The van der Waals surface area contributed by atoms with Crippen LogP contribution < -0.4 is 10.1 Å². The van der Waals surface area contributed by atoms with Crippen molar-refractivity contribution in [2.24, 2.45) is 0 Å². The van der Waals surface area contributed by atoms with Crippen molar-refractivity contribution in [3.8, 4) is 5.75 Å². The highest BCUT2D eigenvalue weighted by molar-refractivity contribution is 5.89. The molecule has 4 nitrogen and oxygen atoms in total. The van der Waals surface area contributed by atoms with Crippen molar-refractivity contribution in [3.05, 3.63) is 60.2 Å². The number of urea groups is 1. The Labute approximate surface area is 127 Å². The highest BCUT2D eigenvalue weighted by atomic mass is 19.3. The summed E-state index contributed by atoms with van der Waals surface area (Å²) in [7, 11) is 1.65. The van der Waals surface area contributed by atoms with Gasteiger partial charge in [-0.05, 0) is 17.7 Å². The third-order valence-corrected chi connectivity index (χ3v) is 2.92. The Hall–Kier alpha value is -2.63. The van der Waals surface area contributed by atoms with Crippen LogP contribution in [0, 0.1) is 0 Å². The van der Waals surface area contributed by atoms with Crippen LogP contribution in [0.25, 0.3) is 0 Å². The number of hydrogen-bond acceptors (Lipinski definition) is 2. The van der Waals surface area contributed by atoms with E-state index in [1.54, 1.807) is 13.1 Å². The topological polar surface area (TPSA) is 41.6 Å². The Kier molecular flexibility index (Phi) is 5.30. The van der Waals surface area contributed by atoms with E-state index in [2.05, 4.69) is 10.1 Å². The first-order valence-electron chi connectivity index (χ1n) is 6.65. The molecule has 2 rings (SSSR count). The molecule has 0 fully saturated rings. The number of rotatable bonds is 5. The average Bonchev–Trinajstić information content (AvgIpc) is 2.48. The molecule has 0 aliphatic rings. The van der Waals surface area contributed by atoms with Crippen LogP contribution in [0.5, 0.6) is 5.75 Å².